The number of hydrogen-bond acceptors (Lipinski definition) is 2. The number of hydrogen-bond donors (Lipinski definition) is 1. The van der Waals surface area contributed by atoms with Gasteiger partial charge in [0.15, 0.2) is 0 Å². The van der Waals surface area contributed by atoms with Crippen LogP contribution in [0, 0.1) is 5.82 Å². The van der Waals surface area contributed by atoms with Crippen molar-refractivity contribution >= 4 is 11.8 Å². The molecule has 2 unspecified atom stereocenters. The van der Waals surface area contributed by atoms with Crippen molar-refractivity contribution < 1.29 is 17.6 Å². The molecule has 1 saturated heterocycles. The van der Waals surface area contributed by atoms with Gasteiger partial charge in [-0.05, 0) is 36.8 Å². The number of nitrogens with one attached hydrogen (secondary N) is 1. The Labute approximate surface area is 107 Å². The van der Waals surface area contributed by atoms with Crippen molar-refractivity contribution in [2.75, 3.05) is 5.75 Å². The molecule has 2 atom stereocenters. The highest BCUT2D eigenvalue weighted by atomic mass is 32.2. The summed E-state index contributed by atoms with van der Waals surface area (Å²) in [6, 6.07) is 3.03. The molecule has 0 amide bonds. The standard InChI is InChI=1S/C12H13F4NS/c1-7-4-5-18-11(17-7)9-3-2-8(13)6-10(9)12(14,15)16/h2-3,6-7,11,17H,4-5H2,1H3. The Hall–Kier alpha value is -0.750. The summed E-state index contributed by atoms with van der Waals surface area (Å²) in [5.74, 6) is -0.0621. The van der Waals surface area contributed by atoms with E-state index in [9.17, 15) is 17.6 Å². The molecule has 1 fully saturated rings. The molecular formula is C12H13F4NS. The van der Waals surface area contributed by atoms with Crippen LogP contribution in [0.15, 0.2) is 18.2 Å². The van der Waals surface area contributed by atoms with Crippen molar-refractivity contribution in [3.05, 3.63) is 35.1 Å². The average Bonchev–Trinajstić information content (AvgIpc) is 2.27. The van der Waals surface area contributed by atoms with Crippen LogP contribution < -0.4 is 5.32 Å². The first-order chi connectivity index (χ1) is 8.38. The number of benzene rings is 1. The van der Waals surface area contributed by atoms with Crippen molar-refractivity contribution in [1.82, 2.24) is 5.32 Å². The van der Waals surface area contributed by atoms with E-state index in [0.717, 1.165) is 18.2 Å². The van der Waals surface area contributed by atoms with E-state index in [1.807, 2.05) is 6.92 Å². The third kappa shape index (κ3) is 2.98. The number of halogens is 4. The van der Waals surface area contributed by atoms with Gasteiger partial charge in [0.25, 0.3) is 0 Å². The Morgan fingerprint density at radius 1 is 1.33 bits per heavy atom. The molecule has 100 valence electrons. The van der Waals surface area contributed by atoms with Crippen LogP contribution in [0.1, 0.15) is 29.8 Å². The highest BCUT2D eigenvalue weighted by Crippen LogP contribution is 2.40. The Morgan fingerprint density at radius 2 is 2.06 bits per heavy atom. The highest BCUT2D eigenvalue weighted by molar-refractivity contribution is 7.99. The summed E-state index contributed by atoms with van der Waals surface area (Å²) in [4.78, 5) is 0. The van der Waals surface area contributed by atoms with Gasteiger partial charge in [-0.25, -0.2) is 4.39 Å². The van der Waals surface area contributed by atoms with Crippen molar-refractivity contribution in [3.8, 4) is 0 Å². The van der Waals surface area contributed by atoms with Crippen LogP contribution in [-0.4, -0.2) is 11.8 Å². The fourth-order valence-electron chi connectivity index (χ4n) is 1.93. The minimum atomic E-state index is -4.53. The first-order valence-electron chi connectivity index (χ1n) is 5.62. The molecule has 1 aliphatic rings. The maximum Gasteiger partial charge on any atom is 0.416 e. The van der Waals surface area contributed by atoms with Gasteiger partial charge in [0, 0.05) is 6.04 Å². The molecule has 0 saturated carbocycles. The van der Waals surface area contributed by atoms with E-state index in [1.54, 1.807) is 0 Å². The summed E-state index contributed by atoms with van der Waals surface area (Å²) in [5, 5.41) is 2.68. The monoisotopic (exact) mass is 279 g/mol. The molecule has 2 rings (SSSR count). The van der Waals surface area contributed by atoms with Gasteiger partial charge in [0.2, 0.25) is 0 Å². The summed E-state index contributed by atoms with van der Waals surface area (Å²) in [6.07, 6.45) is -3.61. The lowest BCUT2D eigenvalue weighted by molar-refractivity contribution is -0.138. The molecule has 1 aromatic rings. The molecule has 1 nitrogen and oxygen atoms in total. The molecule has 1 aromatic carbocycles. The van der Waals surface area contributed by atoms with Crippen LogP contribution in [0.2, 0.25) is 0 Å². The third-order valence-corrected chi connectivity index (χ3v) is 4.07. The van der Waals surface area contributed by atoms with E-state index in [1.165, 1.54) is 17.8 Å². The summed E-state index contributed by atoms with van der Waals surface area (Å²) in [6.45, 7) is 1.93. The second-order valence-electron chi connectivity index (χ2n) is 4.34. The first kappa shape index (κ1) is 13.7. The quantitative estimate of drug-likeness (QED) is 0.781. The predicted octanol–water partition coefficient (Wildman–Crippen LogP) is 3.96. The Balaban J connectivity index is 2.37. The Kier molecular flexibility index (Phi) is 3.87. The van der Waals surface area contributed by atoms with E-state index in [0.29, 0.717) is 6.07 Å². The van der Waals surface area contributed by atoms with Gasteiger partial charge in [0.1, 0.15) is 5.82 Å². The summed E-state index contributed by atoms with van der Waals surface area (Å²) >= 11 is 1.42. The van der Waals surface area contributed by atoms with Crippen LogP contribution in [0.4, 0.5) is 17.6 Å². The SMILES string of the molecule is CC1CCSC(c2ccc(F)cc2C(F)(F)F)N1. The molecule has 18 heavy (non-hydrogen) atoms. The number of alkyl halides is 3. The van der Waals surface area contributed by atoms with Gasteiger partial charge in [0.05, 0.1) is 10.9 Å². The lowest BCUT2D eigenvalue weighted by Crippen LogP contribution is -2.34. The lowest BCUT2D eigenvalue weighted by Gasteiger charge is -2.30. The molecule has 0 radical (unpaired) electrons. The van der Waals surface area contributed by atoms with Crippen LogP contribution in [0.25, 0.3) is 0 Å². The van der Waals surface area contributed by atoms with Crippen molar-refractivity contribution in [1.29, 1.82) is 0 Å². The zero-order valence-electron chi connectivity index (χ0n) is 9.72. The van der Waals surface area contributed by atoms with Gasteiger partial charge in [-0.1, -0.05) is 6.07 Å². The van der Waals surface area contributed by atoms with Crippen LogP contribution in [-0.2, 0) is 6.18 Å². The van der Waals surface area contributed by atoms with Gasteiger partial charge in [-0.15, -0.1) is 11.8 Å². The van der Waals surface area contributed by atoms with Gasteiger partial charge in [-0.3, -0.25) is 5.32 Å². The Morgan fingerprint density at radius 3 is 2.67 bits per heavy atom. The molecule has 1 N–H and O–H groups in total. The second kappa shape index (κ2) is 5.09. The molecule has 0 aromatic heterocycles. The van der Waals surface area contributed by atoms with E-state index in [4.69, 9.17) is 0 Å². The smallest absolute Gasteiger partial charge is 0.299 e. The fraction of sp³-hybridized carbons (Fsp3) is 0.500. The molecular weight excluding hydrogens is 266 g/mol. The van der Waals surface area contributed by atoms with E-state index >= 15 is 0 Å². The van der Waals surface area contributed by atoms with E-state index in [2.05, 4.69) is 5.32 Å². The average molecular weight is 279 g/mol. The zero-order valence-corrected chi connectivity index (χ0v) is 10.5. The topological polar surface area (TPSA) is 12.0 Å². The van der Waals surface area contributed by atoms with Crippen molar-refractivity contribution in [3.63, 3.8) is 0 Å². The van der Waals surface area contributed by atoms with Crippen LogP contribution in [0.3, 0.4) is 0 Å². The fourth-order valence-corrected chi connectivity index (χ4v) is 3.37. The number of thioether (sulfide) groups is 1. The third-order valence-electron chi connectivity index (χ3n) is 2.87. The van der Waals surface area contributed by atoms with Gasteiger partial charge < -0.3 is 0 Å². The maximum atomic E-state index is 13.0. The molecule has 1 aliphatic heterocycles. The zero-order chi connectivity index (χ0) is 13.3. The lowest BCUT2D eigenvalue weighted by atomic mass is 10.1. The Bertz CT molecular complexity index is 433. The van der Waals surface area contributed by atoms with Gasteiger partial charge in [-0.2, -0.15) is 13.2 Å². The number of rotatable bonds is 1. The van der Waals surface area contributed by atoms with E-state index < -0.39 is 22.9 Å². The molecule has 1 heterocycles. The minimum absolute atomic E-state index is 0.112. The van der Waals surface area contributed by atoms with E-state index in [-0.39, 0.29) is 11.6 Å². The molecule has 6 heteroatoms. The minimum Gasteiger partial charge on any atom is -0.299 e. The van der Waals surface area contributed by atoms with Crippen molar-refractivity contribution in [2.24, 2.45) is 0 Å². The van der Waals surface area contributed by atoms with Crippen LogP contribution >= 0.6 is 11.8 Å². The first-order valence-corrected chi connectivity index (χ1v) is 6.67. The highest BCUT2D eigenvalue weighted by Gasteiger charge is 2.36. The summed E-state index contributed by atoms with van der Waals surface area (Å²) in [5.41, 5.74) is -0.776. The molecule has 0 bridgehead atoms. The van der Waals surface area contributed by atoms with Crippen molar-refractivity contribution in [2.45, 2.75) is 30.9 Å². The summed E-state index contributed by atoms with van der Waals surface area (Å²) < 4.78 is 51.6. The molecule has 0 aliphatic carbocycles. The normalized spacial score (nSPS) is 25.2. The predicted molar refractivity (Wildman–Crippen MR) is 63.8 cm³/mol. The van der Waals surface area contributed by atoms with Gasteiger partial charge >= 0.3 is 6.18 Å². The summed E-state index contributed by atoms with van der Waals surface area (Å²) in [7, 11) is 0. The largest absolute Gasteiger partial charge is 0.416 e. The second-order valence-corrected chi connectivity index (χ2v) is 5.55. The molecule has 0 spiro atoms. The van der Waals surface area contributed by atoms with Crippen LogP contribution in [0.5, 0.6) is 0 Å². The maximum absolute atomic E-state index is 13.0.